The lowest BCUT2D eigenvalue weighted by Crippen LogP contribution is -2.06. The number of hydrogen-bond donors (Lipinski definition) is 0. The number of hydrogen-bond acceptors (Lipinski definition) is 7. The summed E-state index contributed by atoms with van der Waals surface area (Å²) < 4.78 is 40.7. The Bertz CT molecular complexity index is 1080. The first-order valence-electron chi connectivity index (χ1n) is 8.36. The number of rotatable bonds is 6. The third-order valence-corrected chi connectivity index (χ3v) is 5.83. The van der Waals surface area contributed by atoms with E-state index in [1.54, 1.807) is 43.3 Å². The van der Waals surface area contributed by atoms with Crippen molar-refractivity contribution >= 4 is 15.8 Å². The Morgan fingerprint density at radius 1 is 1.04 bits per heavy atom. The topological polar surface area (TPSA) is 95.7 Å². The van der Waals surface area contributed by atoms with Crippen molar-refractivity contribution < 1.29 is 27.1 Å². The molecule has 0 spiro atoms. The van der Waals surface area contributed by atoms with E-state index in [-0.39, 0.29) is 16.5 Å². The van der Waals surface area contributed by atoms with Crippen LogP contribution in [0.15, 0.2) is 57.8 Å². The fraction of sp³-hybridized carbons (Fsp3) is 0.200. The minimum atomic E-state index is -3.59. The lowest BCUT2D eigenvalue weighted by Gasteiger charge is -2.04. The van der Waals surface area contributed by atoms with Crippen molar-refractivity contribution in [2.24, 2.45) is 0 Å². The number of ether oxygens (including phenoxy) is 2. The summed E-state index contributed by atoms with van der Waals surface area (Å²) in [6.45, 7) is 1.66. The van der Waals surface area contributed by atoms with E-state index >= 15 is 0 Å². The Morgan fingerprint density at radius 2 is 1.68 bits per heavy atom. The fourth-order valence-electron chi connectivity index (χ4n) is 2.60. The highest BCUT2D eigenvalue weighted by atomic mass is 32.2. The highest BCUT2D eigenvalue weighted by Crippen LogP contribution is 2.26. The zero-order valence-corrected chi connectivity index (χ0v) is 16.4. The summed E-state index contributed by atoms with van der Waals surface area (Å²) in [6, 6.07) is 12.7. The number of methoxy groups -OCH3 is 2. The molecule has 0 fully saturated rings. The van der Waals surface area contributed by atoms with Crippen molar-refractivity contribution in [2.75, 3.05) is 14.2 Å². The molecule has 0 radical (unpaired) electrons. The highest BCUT2D eigenvalue weighted by molar-refractivity contribution is 7.90. The maximum absolute atomic E-state index is 12.7. The van der Waals surface area contributed by atoms with Gasteiger partial charge in [0.2, 0.25) is 5.89 Å². The SMILES string of the molecule is COC(=O)c1ccc(-c2nc(CS(=O)(=O)c3ccc(OC)cc3)c(C)o2)cc1. The van der Waals surface area contributed by atoms with Gasteiger partial charge in [-0.3, -0.25) is 0 Å². The first-order chi connectivity index (χ1) is 13.3. The number of sulfone groups is 1. The van der Waals surface area contributed by atoms with E-state index in [9.17, 15) is 13.2 Å². The van der Waals surface area contributed by atoms with Crippen LogP contribution in [0, 0.1) is 6.92 Å². The molecule has 28 heavy (non-hydrogen) atoms. The predicted octanol–water partition coefficient (Wildman–Crippen LogP) is 3.42. The van der Waals surface area contributed by atoms with Gasteiger partial charge in [-0.2, -0.15) is 0 Å². The van der Waals surface area contributed by atoms with Gasteiger partial charge in [-0.1, -0.05) is 0 Å². The average Bonchev–Trinajstić information content (AvgIpc) is 3.07. The van der Waals surface area contributed by atoms with Crippen LogP contribution in [0.3, 0.4) is 0 Å². The van der Waals surface area contributed by atoms with E-state index in [1.165, 1.54) is 26.4 Å². The molecule has 0 atom stereocenters. The summed E-state index contributed by atoms with van der Waals surface area (Å²) in [7, 11) is -0.766. The molecule has 0 aliphatic heterocycles. The second kappa shape index (κ2) is 7.85. The second-order valence-corrected chi connectivity index (χ2v) is 8.02. The lowest BCUT2D eigenvalue weighted by molar-refractivity contribution is 0.0600. The number of aryl methyl sites for hydroxylation is 1. The van der Waals surface area contributed by atoms with Crippen molar-refractivity contribution in [3.05, 3.63) is 65.5 Å². The average molecular weight is 401 g/mol. The molecule has 8 heteroatoms. The van der Waals surface area contributed by atoms with Gasteiger partial charge in [0.25, 0.3) is 0 Å². The van der Waals surface area contributed by atoms with E-state index in [2.05, 4.69) is 9.72 Å². The quantitative estimate of drug-likeness (QED) is 0.584. The van der Waals surface area contributed by atoms with Gasteiger partial charge >= 0.3 is 5.97 Å². The van der Waals surface area contributed by atoms with Crippen molar-refractivity contribution in [3.63, 3.8) is 0 Å². The minimum Gasteiger partial charge on any atom is -0.497 e. The van der Waals surface area contributed by atoms with Crippen LogP contribution in [-0.4, -0.2) is 33.6 Å². The molecule has 0 N–H and O–H groups in total. The molecule has 0 saturated carbocycles. The number of carbonyl (C=O) groups is 1. The molecule has 1 aromatic heterocycles. The zero-order chi connectivity index (χ0) is 20.3. The van der Waals surface area contributed by atoms with Gasteiger partial charge in [0, 0.05) is 5.56 Å². The maximum Gasteiger partial charge on any atom is 0.337 e. The molecular weight excluding hydrogens is 382 g/mol. The smallest absolute Gasteiger partial charge is 0.337 e. The van der Waals surface area contributed by atoms with Gasteiger partial charge in [-0.25, -0.2) is 18.2 Å². The number of carbonyl (C=O) groups excluding carboxylic acids is 1. The Labute approximate surface area is 162 Å². The van der Waals surface area contributed by atoms with Crippen LogP contribution in [0.2, 0.25) is 0 Å². The molecule has 0 amide bonds. The van der Waals surface area contributed by atoms with E-state index in [0.29, 0.717) is 28.3 Å². The van der Waals surface area contributed by atoms with Crippen LogP contribution >= 0.6 is 0 Å². The van der Waals surface area contributed by atoms with Gasteiger partial charge in [-0.15, -0.1) is 0 Å². The summed E-state index contributed by atoms with van der Waals surface area (Å²) >= 11 is 0. The number of oxazole rings is 1. The summed E-state index contributed by atoms with van der Waals surface area (Å²) in [5.74, 6) is 0.559. The summed E-state index contributed by atoms with van der Waals surface area (Å²) in [4.78, 5) is 16.0. The first kappa shape index (κ1) is 19.6. The van der Waals surface area contributed by atoms with Gasteiger partial charge in [-0.05, 0) is 55.5 Å². The van der Waals surface area contributed by atoms with Gasteiger partial charge in [0.05, 0.1) is 30.4 Å². The van der Waals surface area contributed by atoms with E-state index in [1.807, 2.05) is 0 Å². The zero-order valence-electron chi connectivity index (χ0n) is 15.6. The predicted molar refractivity (Wildman–Crippen MR) is 102 cm³/mol. The molecule has 7 nitrogen and oxygen atoms in total. The largest absolute Gasteiger partial charge is 0.497 e. The number of benzene rings is 2. The molecule has 2 aromatic carbocycles. The van der Waals surface area contributed by atoms with Crippen LogP contribution in [-0.2, 0) is 20.3 Å². The van der Waals surface area contributed by atoms with Crippen LogP contribution in [0.25, 0.3) is 11.5 Å². The molecule has 0 unspecified atom stereocenters. The molecule has 1 heterocycles. The van der Waals surface area contributed by atoms with Crippen LogP contribution in [0.4, 0.5) is 0 Å². The lowest BCUT2D eigenvalue weighted by atomic mass is 10.1. The van der Waals surface area contributed by atoms with Crippen molar-refractivity contribution in [1.82, 2.24) is 4.98 Å². The monoisotopic (exact) mass is 401 g/mol. The summed E-state index contributed by atoms with van der Waals surface area (Å²) in [5, 5.41) is 0. The molecule has 0 aliphatic rings. The fourth-order valence-corrected chi connectivity index (χ4v) is 3.94. The van der Waals surface area contributed by atoms with Crippen LogP contribution in [0.5, 0.6) is 5.75 Å². The highest BCUT2D eigenvalue weighted by Gasteiger charge is 2.21. The van der Waals surface area contributed by atoms with Gasteiger partial charge in [0.15, 0.2) is 9.84 Å². The third kappa shape index (κ3) is 4.07. The van der Waals surface area contributed by atoms with E-state index < -0.39 is 15.8 Å². The summed E-state index contributed by atoms with van der Waals surface area (Å²) in [6.07, 6.45) is 0. The standard InChI is InChI=1S/C20H19NO6S/c1-13-18(12-28(23,24)17-10-8-16(25-2)9-11-17)21-19(27-13)14-4-6-15(7-5-14)20(22)26-3/h4-11H,12H2,1-3H3. The Balaban J connectivity index is 1.84. The minimum absolute atomic E-state index is 0.180. The maximum atomic E-state index is 12.7. The normalized spacial score (nSPS) is 11.2. The van der Waals surface area contributed by atoms with Crippen molar-refractivity contribution in [1.29, 1.82) is 0 Å². The Kier molecular flexibility index (Phi) is 5.51. The van der Waals surface area contributed by atoms with Crippen LogP contribution < -0.4 is 4.74 Å². The summed E-state index contributed by atoms with van der Waals surface area (Å²) in [5.41, 5.74) is 1.36. The molecule has 0 aliphatic carbocycles. The van der Waals surface area contributed by atoms with Gasteiger partial charge < -0.3 is 13.9 Å². The number of aromatic nitrogens is 1. The number of nitrogens with zero attached hydrogens (tertiary/aromatic N) is 1. The third-order valence-electron chi connectivity index (χ3n) is 4.19. The molecule has 0 bridgehead atoms. The Morgan fingerprint density at radius 3 is 2.25 bits per heavy atom. The van der Waals surface area contributed by atoms with Crippen molar-refractivity contribution in [3.8, 4) is 17.2 Å². The van der Waals surface area contributed by atoms with E-state index in [0.717, 1.165) is 0 Å². The first-order valence-corrected chi connectivity index (χ1v) is 10.0. The number of esters is 1. The molecule has 0 saturated heterocycles. The van der Waals surface area contributed by atoms with E-state index in [4.69, 9.17) is 9.15 Å². The van der Waals surface area contributed by atoms with Crippen LogP contribution in [0.1, 0.15) is 21.8 Å². The molecule has 146 valence electrons. The molecular formula is C20H19NO6S. The molecule has 3 aromatic rings. The Hall–Kier alpha value is -3.13. The second-order valence-electron chi connectivity index (χ2n) is 6.03. The van der Waals surface area contributed by atoms with Gasteiger partial charge in [0.1, 0.15) is 17.3 Å². The van der Waals surface area contributed by atoms with Crippen molar-refractivity contribution in [2.45, 2.75) is 17.6 Å². The molecule has 3 rings (SSSR count).